The van der Waals surface area contributed by atoms with Crippen molar-refractivity contribution in [1.82, 2.24) is 4.90 Å². The molecule has 2 aromatic carbocycles. The van der Waals surface area contributed by atoms with Crippen LogP contribution >= 0.6 is 0 Å². The number of aliphatic imine (C=N–C) groups is 1. The molecule has 0 amide bonds. The van der Waals surface area contributed by atoms with E-state index in [1.807, 2.05) is 0 Å². The number of hydrogen-bond donors (Lipinski definition) is 2. The Balaban J connectivity index is 1.58. The van der Waals surface area contributed by atoms with Crippen molar-refractivity contribution in [1.29, 1.82) is 5.41 Å². The van der Waals surface area contributed by atoms with E-state index in [0.29, 0.717) is 37.1 Å². The van der Waals surface area contributed by atoms with Crippen LogP contribution in [0.4, 0.5) is 18.9 Å². The largest absolute Gasteiger partial charge is 0.490 e. The molecule has 0 radical (unpaired) electrons. The van der Waals surface area contributed by atoms with E-state index in [1.165, 1.54) is 19.1 Å². The molecule has 0 aromatic heterocycles. The number of piperidine rings is 1. The molecule has 0 unspecified atom stereocenters. The zero-order valence-electron chi connectivity index (χ0n) is 25.8. The standard InChI is InChI=1S/C32H40F3N5O5S/c1-2-44-30(41)22-46(42,43)40(17-7-9-23-8-6-10-24(20-23)31(36)37)25-12-13-28(27(21-25)32(33,34)35)45-26-14-18-39(19-15-26)29-11-4-3-5-16-38-29/h6-10,12-13,20-21,26H,2-5,11,14-19,22H2,1H3,(H3,36,37). The van der Waals surface area contributed by atoms with Crippen LogP contribution < -0.4 is 14.8 Å². The van der Waals surface area contributed by atoms with Crippen LogP contribution in [0.2, 0.25) is 0 Å². The van der Waals surface area contributed by atoms with Crippen LogP contribution in [0.3, 0.4) is 0 Å². The number of halogens is 3. The number of carbonyl (C=O) groups excluding carboxylic acids is 1. The Morgan fingerprint density at radius 3 is 2.61 bits per heavy atom. The first-order chi connectivity index (χ1) is 21.9. The number of ether oxygens (including phenoxy) is 2. The number of nitrogen functional groups attached to an aromatic ring is 1. The van der Waals surface area contributed by atoms with Gasteiger partial charge in [-0.3, -0.25) is 19.5 Å². The second kappa shape index (κ2) is 15.5. The third-order valence-electron chi connectivity index (χ3n) is 7.73. The van der Waals surface area contributed by atoms with Crippen molar-refractivity contribution in [2.45, 2.75) is 57.7 Å². The lowest BCUT2D eigenvalue weighted by atomic mass is 10.1. The molecule has 3 N–H and O–H groups in total. The minimum absolute atomic E-state index is 0.0575. The number of alkyl halides is 3. The van der Waals surface area contributed by atoms with Crippen LogP contribution in [0.15, 0.2) is 53.5 Å². The van der Waals surface area contributed by atoms with Gasteiger partial charge in [0.15, 0.2) is 5.75 Å². The number of nitrogens with one attached hydrogen (secondary N) is 1. The fraction of sp³-hybridized carbons (Fsp3) is 0.469. The van der Waals surface area contributed by atoms with Gasteiger partial charge in [0.2, 0.25) is 10.0 Å². The third-order valence-corrected chi connectivity index (χ3v) is 9.36. The van der Waals surface area contributed by atoms with E-state index < -0.39 is 39.6 Å². The lowest BCUT2D eigenvalue weighted by Gasteiger charge is -2.34. The van der Waals surface area contributed by atoms with Crippen LogP contribution in [0.1, 0.15) is 62.1 Å². The van der Waals surface area contributed by atoms with Crippen molar-refractivity contribution in [3.63, 3.8) is 0 Å². The van der Waals surface area contributed by atoms with E-state index in [2.05, 4.69) is 9.89 Å². The van der Waals surface area contributed by atoms with Crippen molar-refractivity contribution >= 4 is 39.4 Å². The number of esters is 1. The SMILES string of the molecule is CCOC(=O)CS(=O)(=O)N(CC=Cc1cccc(C(=N)N)c1)c1ccc(OC2CCN(C3=NCCCCC3)CC2)c(C(F)(F)F)c1. The van der Waals surface area contributed by atoms with E-state index in [9.17, 15) is 26.4 Å². The number of benzene rings is 2. The van der Waals surface area contributed by atoms with Gasteiger partial charge in [-0.2, -0.15) is 13.2 Å². The third kappa shape index (κ3) is 9.47. The van der Waals surface area contributed by atoms with Gasteiger partial charge in [-0.15, -0.1) is 0 Å². The Labute approximate surface area is 267 Å². The number of anilines is 1. The quantitative estimate of drug-likeness (QED) is 0.191. The summed E-state index contributed by atoms with van der Waals surface area (Å²) in [6.45, 7) is 3.13. The molecule has 2 aromatic rings. The number of rotatable bonds is 11. The van der Waals surface area contributed by atoms with Gasteiger partial charge in [-0.25, -0.2) is 8.42 Å². The van der Waals surface area contributed by atoms with Crippen LogP contribution in [-0.4, -0.2) is 75.6 Å². The molecular formula is C32H40F3N5O5S. The van der Waals surface area contributed by atoms with Gasteiger partial charge in [0.1, 0.15) is 17.7 Å². The highest BCUT2D eigenvalue weighted by Crippen LogP contribution is 2.40. The number of hydrogen-bond acceptors (Lipinski definition) is 8. The minimum atomic E-state index is -4.85. The summed E-state index contributed by atoms with van der Waals surface area (Å²) >= 11 is 0. The van der Waals surface area contributed by atoms with Crippen molar-refractivity contribution in [3.8, 4) is 5.75 Å². The maximum Gasteiger partial charge on any atom is 0.420 e. The number of likely N-dealkylation sites (tertiary alicyclic amines) is 1. The van der Waals surface area contributed by atoms with Crippen LogP contribution in [0.25, 0.3) is 6.08 Å². The zero-order valence-corrected chi connectivity index (χ0v) is 26.6. The van der Waals surface area contributed by atoms with Gasteiger partial charge >= 0.3 is 12.1 Å². The maximum atomic E-state index is 14.4. The maximum absolute atomic E-state index is 14.4. The van der Waals surface area contributed by atoms with E-state index in [4.69, 9.17) is 20.6 Å². The Hall–Kier alpha value is -4.07. The Bertz CT molecular complexity index is 1550. The molecule has 1 saturated heterocycles. The van der Waals surface area contributed by atoms with Gasteiger partial charge in [0.05, 0.1) is 30.2 Å². The smallest absolute Gasteiger partial charge is 0.420 e. The Morgan fingerprint density at radius 2 is 1.91 bits per heavy atom. The summed E-state index contributed by atoms with van der Waals surface area (Å²) in [5.74, 6) is -1.57. The molecule has 0 bridgehead atoms. The first-order valence-electron chi connectivity index (χ1n) is 15.3. The number of sulfonamides is 1. The first kappa shape index (κ1) is 34.8. The number of amidine groups is 2. The number of nitrogens with two attached hydrogens (primary N) is 1. The Kier molecular flexibility index (Phi) is 11.7. The van der Waals surface area contributed by atoms with E-state index >= 15 is 0 Å². The highest BCUT2D eigenvalue weighted by Gasteiger charge is 2.37. The molecule has 46 heavy (non-hydrogen) atoms. The first-order valence-corrected chi connectivity index (χ1v) is 16.9. The highest BCUT2D eigenvalue weighted by molar-refractivity contribution is 7.93. The molecule has 0 saturated carbocycles. The summed E-state index contributed by atoms with van der Waals surface area (Å²) < 4.78 is 81.3. The monoisotopic (exact) mass is 663 g/mol. The predicted molar refractivity (Wildman–Crippen MR) is 172 cm³/mol. The van der Waals surface area contributed by atoms with Gasteiger partial charge in [0, 0.05) is 44.5 Å². The fourth-order valence-electron chi connectivity index (χ4n) is 5.43. The van der Waals surface area contributed by atoms with E-state index in [1.54, 1.807) is 30.3 Å². The molecule has 14 heteroatoms. The molecule has 10 nitrogen and oxygen atoms in total. The normalized spacial score (nSPS) is 16.5. The molecule has 2 aliphatic rings. The average molecular weight is 664 g/mol. The van der Waals surface area contributed by atoms with Crippen LogP contribution in [-0.2, 0) is 25.7 Å². The molecular weight excluding hydrogens is 623 g/mol. The molecule has 0 aliphatic carbocycles. The fourth-order valence-corrected chi connectivity index (χ4v) is 6.71. The topological polar surface area (TPSA) is 138 Å². The summed E-state index contributed by atoms with van der Waals surface area (Å²) in [4.78, 5) is 19.0. The van der Waals surface area contributed by atoms with Gasteiger partial charge in [-0.1, -0.05) is 36.8 Å². The predicted octanol–water partition coefficient (Wildman–Crippen LogP) is 5.22. The summed E-state index contributed by atoms with van der Waals surface area (Å²) in [6, 6.07) is 9.71. The zero-order chi connectivity index (χ0) is 33.3. The van der Waals surface area contributed by atoms with Crippen molar-refractivity contribution < 1.29 is 35.9 Å². The van der Waals surface area contributed by atoms with E-state index in [-0.39, 0.29) is 30.4 Å². The summed E-state index contributed by atoms with van der Waals surface area (Å²) in [6.07, 6.45) is 2.91. The summed E-state index contributed by atoms with van der Waals surface area (Å²) in [7, 11) is -4.47. The van der Waals surface area contributed by atoms with E-state index in [0.717, 1.165) is 54.5 Å². The van der Waals surface area contributed by atoms with Crippen molar-refractivity contribution in [3.05, 3.63) is 65.2 Å². The number of nitrogens with zero attached hydrogens (tertiary/aromatic N) is 3. The molecule has 2 heterocycles. The average Bonchev–Trinajstić information content (AvgIpc) is 3.29. The van der Waals surface area contributed by atoms with Gasteiger partial charge < -0.3 is 20.1 Å². The lowest BCUT2D eigenvalue weighted by molar-refractivity contribution is -0.140. The molecule has 0 spiro atoms. The molecule has 2 aliphatic heterocycles. The molecule has 0 atom stereocenters. The molecule has 1 fully saturated rings. The molecule has 250 valence electrons. The van der Waals surface area contributed by atoms with Gasteiger partial charge in [-0.05, 0) is 49.6 Å². The second-order valence-corrected chi connectivity index (χ2v) is 13.0. The van der Waals surface area contributed by atoms with Crippen LogP contribution in [0, 0.1) is 5.41 Å². The van der Waals surface area contributed by atoms with Gasteiger partial charge in [0.25, 0.3) is 0 Å². The van der Waals surface area contributed by atoms with Crippen molar-refractivity contribution in [2.24, 2.45) is 10.7 Å². The Morgan fingerprint density at radius 1 is 1.15 bits per heavy atom. The number of carbonyl (C=O) groups is 1. The van der Waals surface area contributed by atoms with Crippen LogP contribution in [0.5, 0.6) is 5.75 Å². The lowest BCUT2D eigenvalue weighted by Crippen LogP contribution is -2.42. The highest BCUT2D eigenvalue weighted by atomic mass is 32.2. The second-order valence-electron chi connectivity index (χ2n) is 11.1. The molecule has 4 rings (SSSR count). The van der Waals surface area contributed by atoms with Crippen molar-refractivity contribution in [2.75, 3.05) is 42.8 Å². The minimum Gasteiger partial charge on any atom is -0.490 e. The summed E-state index contributed by atoms with van der Waals surface area (Å²) in [5.41, 5.74) is 5.18. The summed E-state index contributed by atoms with van der Waals surface area (Å²) in [5, 5.41) is 7.61.